The van der Waals surface area contributed by atoms with Crippen molar-refractivity contribution in [2.45, 2.75) is 39.7 Å². The fourth-order valence-electron chi connectivity index (χ4n) is 1.92. The van der Waals surface area contributed by atoms with Crippen LogP contribution < -0.4 is 4.74 Å². The van der Waals surface area contributed by atoms with Gasteiger partial charge in [-0.05, 0) is 32.4 Å². The zero-order valence-electron chi connectivity index (χ0n) is 12.4. The Morgan fingerprint density at radius 1 is 1.48 bits per heavy atom. The van der Waals surface area contributed by atoms with Gasteiger partial charge in [0.25, 0.3) is 0 Å². The van der Waals surface area contributed by atoms with Crippen LogP contribution in [-0.4, -0.2) is 32.2 Å². The molecule has 0 radical (unpaired) electrons. The molecular weight excluding hydrogens is 270 g/mol. The summed E-state index contributed by atoms with van der Waals surface area (Å²) in [6.07, 6.45) is 0.934. The van der Waals surface area contributed by atoms with Crippen molar-refractivity contribution >= 4 is 5.97 Å². The van der Waals surface area contributed by atoms with Gasteiger partial charge in [-0.15, -0.1) is 5.10 Å². The minimum atomic E-state index is -0.918. The molecule has 6 nitrogen and oxygen atoms in total. The molecule has 1 aromatic heterocycles. The lowest BCUT2D eigenvalue weighted by Crippen LogP contribution is -2.10. The fourth-order valence-corrected chi connectivity index (χ4v) is 1.92. The summed E-state index contributed by atoms with van der Waals surface area (Å²) in [7, 11) is 0. The molecule has 0 spiro atoms. The van der Waals surface area contributed by atoms with Crippen LogP contribution in [-0.2, 0) is 11.2 Å². The van der Waals surface area contributed by atoms with Crippen molar-refractivity contribution in [3.8, 4) is 11.4 Å². The average molecular weight is 289 g/mol. The zero-order valence-corrected chi connectivity index (χ0v) is 12.4. The third-order valence-electron chi connectivity index (χ3n) is 3.28. The van der Waals surface area contributed by atoms with Gasteiger partial charge in [0.15, 0.2) is 0 Å². The Labute approximate surface area is 123 Å². The first-order chi connectivity index (χ1) is 10.0. The van der Waals surface area contributed by atoms with Crippen molar-refractivity contribution in [3.63, 3.8) is 0 Å². The molecule has 6 heteroatoms. The molecule has 112 valence electrons. The summed E-state index contributed by atoms with van der Waals surface area (Å²) in [6, 6.07) is 7.53. The van der Waals surface area contributed by atoms with Crippen LogP contribution in [0.2, 0.25) is 0 Å². The number of hydrogen-bond donors (Lipinski definition) is 1. The molecule has 0 aliphatic carbocycles. The highest BCUT2D eigenvalue weighted by molar-refractivity contribution is 5.69. The maximum absolute atomic E-state index is 10.8. The standard InChI is InChI=1S/C15H19N3O3/c1-4-10(2)21-13-7-5-6-12(8-13)18-11(3)14(16-17-18)9-15(19)20/h5-8,10H,4,9H2,1-3H3,(H,19,20). The minimum absolute atomic E-state index is 0.130. The molecule has 0 saturated heterocycles. The summed E-state index contributed by atoms with van der Waals surface area (Å²) in [5.74, 6) is -0.157. The molecule has 1 N–H and O–H groups in total. The van der Waals surface area contributed by atoms with E-state index < -0.39 is 5.97 Å². The van der Waals surface area contributed by atoms with E-state index in [1.807, 2.05) is 31.2 Å². The molecule has 21 heavy (non-hydrogen) atoms. The lowest BCUT2D eigenvalue weighted by Gasteiger charge is -2.13. The van der Waals surface area contributed by atoms with E-state index in [1.165, 1.54) is 0 Å². The third-order valence-corrected chi connectivity index (χ3v) is 3.28. The van der Waals surface area contributed by atoms with Gasteiger partial charge < -0.3 is 9.84 Å². The van der Waals surface area contributed by atoms with Crippen LogP contribution in [0.3, 0.4) is 0 Å². The number of benzene rings is 1. The van der Waals surface area contributed by atoms with Crippen LogP contribution in [0.15, 0.2) is 24.3 Å². The van der Waals surface area contributed by atoms with E-state index in [-0.39, 0.29) is 12.5 Å². The number of rotatable bonds is 6. The van der Waals surface area contributed by atoms with Gasteiger partial charge in [0.05, 0.1) is 29.6 Å². The summed E-state index contributed by atoms with van der Waals surface area (Å²) < 4.78 is 7.41. The highest BCUT2D eigenvalue weighted by Crippen LogP contribution is 2.20. The third kappa shape index (κ3) is 3.59. The Morgan fingerprint density at radius 3 is 2.90 bits per heavy atom. The second-order valence-electron chi connectivity index (χ2n) is 4.94. The highest BCUT2D eigenvalue weighted by atomic mass is 16.5. The molecule has 0 saturated carbocycles. The molecule has 0 aliphatic rings. The predicted octanol–water partition coefficient (Wildman–Crippen LogP) is 2.38. The van der Waals surface area contributed by atoms with Crippen LogP contribution in [0.4, 0.5) is 0 Å². The van der Waals surface area contributed by atoms with Crippen molar-refractivity contribution in [1.82, 2.24) is 15.0 Å². The van der Waals surface area contributed by atoms with Crippen LogP contribution in [0.25, 0.3) is 5.69 Å². The van der Waals surface area contributed by atoms with Gasteiger partial charge in [-0.25, -0.2) is 4.68 Å². The number of ether oxygens (including phenoxy) is 1. The number of aromatic nitrogens is 3. The highest BCUT2D eigenvalue weighted by Gasteiger charge is 2.13. The zero-order chi connectivity index (χ0) is 15.4. The van der Waals surface area contributed by atoms with Crippen LogP contribution >= 0.6 is 0 Å². The van der Waals surface area contributed by atoms with E-state index in [2.05, 4.69) is 17.2 Å². The van der Waals surface area contributed by atoms with E-state index in [0.717, 1.165) is 23.6 Å². The first-order valence-electron chi connectivity index (χ1n) is 6.91. The lowest BCUT2D eigenvalue weighted by atomic mass is 10.2. The fraction of sp³-hybridized carbons (Fsp3) is 0.400. The number of carboxylic acids is 1. The molecule has 2 aromatic rings. The Bertz CT molecular complexity index is 637. The van der Waals surface area contributed by atoms with Gasteiger partial charge in [-0.2, -0.15) is 0 Å². The smallest absolute Gasteiger partial charge is 0.309 e. The van der Waals surface area contributed by atoms with Crippen molar-refractivity contribution in [3.05, 3.63) is 35.7 Å². The van der Waals surface area contributed by atoms with Gasteiger partial charge in [-0.1, -0.05) is 18.2 Å². The molecule has 0 fully saturated rings. The van der Waals surface area contributed by atoms with Gasteiger partial charge in [-0.3, -0.25) is 4.79 Å². The molecule has 0 amide bonds. The van der Waals surface area contributed by atoms with E-state index in [9.17, 15) is 4.79 Å². The number of nitrogens with zero attached hydrogens (tertiary/aromatic N) is 3. The monoisotopic (exact) mass is 289 g/mol. The van der Waals surface area contributed by atoms with Crippen molar-refractivity contribution in [2.24, 2.45) is 0 Å². The molecule has 1 heterocycles. The second kappa shape index (κ2) is 6.39. The van der Waals surface area contributed by atoms with Crippen LogP contribution in [0.1, 0.15) is 31.7 Å². The topological polar surface area (TPSA) is 77.2 Å². The normalized spacial score (nSPS) is 12.1. The SMILES string of the molecule is CCC(C)Oc1cccc(-n2nnc(CC(=O)O)c2C)c1. The summed E-state index contributed by atoms with van der Waals surface area (Å²) in [5.41, 5.74) is 1.99. The molecule has 0 bridgehead atoms. The lowest BCUT2D eigenvalue weighted by molar-refractivity contribution is -0.136. The number of carboxylic acid groups (broad SMARTS) is 1. The molecule has 1 aromatic carbocycles. The van der Waals surface area contributed by atoms with Crippen LogP contribution in [0.5, 0.6) is 5.75 Å². The Balaban J connectivity index is 2.28. The largest absolute Gasteiger partial charge is 0.491 e. The Hall–Kier alpha value is -2.37. The van der Waals surface area contributed by atoms with Crippen molar-refractivity contribution in [2.75, 3.05) is 0 Å². The summed E-state index contributed by atoms with van der Waals surface area (Å²) in [5, 5.41) is 16.8. The van der Waals surface area contributed by atoms with Gasteiger partial charge in [0, 0.05) is 6.07 Å². The number of carbonyl (C=O) groups is 1. The second-order valence-corrected chi connectivity index (χ2v) is 4.94. The molecular formula is C15H19N3O3. The molecule has 2 rings (SSSR count). The Morgan fingerprint density at radius 2 is 2.24 bits per heavy atom. The van der Waals surface area contributed by atoms with Gasteiger partial charge in [0.1, 0.15) is 5.75 Å². The van der Waals surface area contributed by atoms with E-state index in [1.54, 1.807) is 11.6 Å². The number of hydrogen-bond acceptors (Lipinski definition) is 4. The predicted molar refractivity (Wildman–Crippen MR) is 77.8 cm³/mol. The average Bonchev–Trinajstić information content (AvgIpc) is 2.80. The van der Waals surface area contributed by atoms with E-state index >= 15 is 0 Å². The minimum Gasteiger partial charge on any atom is -0.491 e. The summed E-state index contributed by atoms with van der Waals surface area (Å²) in [6.45, 7) is 5.88. The number of aliphatic carboxylic acids is 1. The van der Waals surface area contributed by atoms with Crippen LogP contribution in [0, 0.1) is 6.92 Å². The molecule has 0 aliphatic heterocycles. The van der Waals surface area contributed by atoms with Gasteiger partial charge in [0.2, 0.25) is 0 Å². The van der Waals surface area contributed by atoms with Crippen molar-refractivity contribution < 1.29 is 14.6 Å². The maximum atomic E-state index is 10.8. The maximum Gasteiger partial charge on any atom is 0.309 e. The molecule has 1 atom stereocenters. The summed E-state index contributed by atoms with van der Waals surface area (Å²) >= 11 is 0. The summed E-state index contributed by atoms with van der Waals surface area (Å²) in [4.78, 5) is 10.8. The first kappa shape index (κ1) is 15.0. The van der Waals surface area contributed by atoms with E-state index in [0.29, 0.717) is 5.69 Å². The Kier molecular flexibility index (Phi) is 4.57. The van der Waals surface area contributed by atoms with Gasteiger partial charge >= 0.3 is 5.97 Å². The van der Waals surface area contributed by atoms with E-state index in [4.69, 9.17) is 9.84 Å². The first-order valence-corrected chi connectivity index (χ1v) is 6.91. The molecule has 1 unspecified atom stereocenters. The quantitative estimate of drug-likeness (QED) is 0.883. The van der Waals surface area contributed by atoms with Crippen molar-refractivity contribution in [1.29, 1.82) is 0 Å².